The zero-order chi connectivity index (χ0) is 16.3. The zero-order valence-electron chi connectivity index (χ0n) is 11.4. The lowest BCUT2D eigenvalue weighted by molar-refractivity contribution is -0.116. The van der Waals surface area contributed by atoms with Crippen LogP contribution in [-0.4, -0.2) is 30.3 Å². The molecule has 2 amide bonds. The quantitative estimate of drug-likeness (QED) is 0.857. The maximum atomic E-state index is 12.1. The van der Waals surface area contributed by atoms with E-state index in [1.165, 1.54) is 11.9 Å². The van der Waals surface area contributed by atoms with Crippen molar-refractivity contribution in [2.75, 3.05) is 18.9 Å². The van der Waals surface area contributed by atoms with Crippen molar-refractivity contribution in [3.05, 3.63) is 49.6 Å². The molecule has 0 saturated carbocycles. The second-order valence-electron chi connectivity index (χ2n) is 4.41. The normalized spacial score (nSPS) is 10.4. The number of halogens is 3. The molecule has 0 fully saturated rings. The Kier molecular flexibility index (Phi) is 5.69. The SMILES string of the molecule is CN(CC(=O)Nc1c(Cl)cccc1Cl)C(=O)c1ccc(Cl)s1. The summed E-state index contributed by atoms with van der Waals surface area (Å²) in [6.45, 7) is -0.129. The van der Waals surface area contributed by atoms with Gasteiger partial charge in [0.05, 0.1) is 31.5 Å². The standard InChI is InChI=1S/C14H11Cl3N2O2S/c1-19(14(21)10-5-6-11(17)22-10)7-12(20)18-13-8(15)3-2-4-9(13)16/h2-6H,7H2,1H3,(H,18,20). The van der Waals surface area contributed by atoms with Gasteiger partial charge in [0, 0.05) is 7.05 Å². The van der Waals surface area contributed by atoms with E-state index in [1.54, 1.807) is 30.3 Å². The number of rotatable bonds is 4. The van der Waals surface area contributed by atoms with Crippen molar-refractivity contribution in [3.63, 3.8) is 0 Å². The lowest BCUT2D eigenvalue weighted by atomic mass is 10.3. The van der Waals surface area contributed by atoms with Gasteiger partial charge in [0.2, 0.25) is 5.91 Å². The van der Waals surface area contributed by atoms with Crippen LogP contribution in [0.15, 0.2) is 30.3 Å². The molecule has 1 aromatic carbocycles. The van der Waals surface area contributed by atoms with E-state index in [1.807, 2.05) is 0 Å². The summed E-state index contributed by atoms with van der Waals surface area (Å²) >= 11 is 18.9. The molecule has 0 atom stereocenters. The number of para-hydroxylation sites is 1. The third-order valence-corrected chi connectivity index (χ3v) is 4.59. The van der Waals surface area contributed by atoms with E-state index >= 15 is 0 Å². The Bertz CT molecular complexity index is 698. The van der Waals surface area contributed by atoms with Gasteiger partial charge in [0.15, 0.2) is 0 Å². The Labute approximate surface area is 146 Å². The summed E-state index contributed by atoms with van der Waals surface area (Å²) in [7, 11) is 1.53. The Hall–Kier alpha value is -1.27. The molecule has 0 radical (unpaired) electrons. The minimum atomic E-state index is -0.395. The maximum Gasteiger partial charge on any atom is 0.264 e. The molecule has 2 aromatic rings. The minimum Gasteiger partial charge on any atom is -0.332 e. The van der Waals surface area contributed by atoms with E-state index in [-0.39, 0.29) is 12.5 Å². The number of anilines is 1. The first-order valence-corrected chi connectivity index (χ1v) is 8.08. The van der Waals surface area contributed by atoms with Gasteiger partial charge in [-0.2, -0.15) is 0 Å². The monoisotopic (exact) mass is 376 g/mol. The molecule has 0 aliphatic carbocycles. The molecule has 8 heteroatoms. The highest BCUT2D eigenvalue weighted by molar-refractivity contribution is 7.17. The van der Waals surface area contributed by atoms with Gasteiger partial charge in [-0.25, -0.2) is 0 Å². The number of thiophene rings is 1. The molecule has 0 unspecified atom stereocenters. The average molecular weight is 378 g/mol. The molecule has 1 N–H and O–H groups in total. The lowest BCUT2D eigenvalue weighted by Gasteiger charge is -2.16. The number of carbonyl (C=O) groups excluding carboxylic acids is 2. The molecular weight excluding hydrogens is 367 g/mol. The Morgan fingerprint density at radius 2 is 1.77 bits per heavy atom. The van der Waals surface area contributed by atoms with Gasteiger partial charge in [-0.15, -0.1) is 11.3 Å². The highest BCUT2D eigenvalue weighted by atomic mass is 35.5. The number of hydrogen-bond donors (Lipinski definition) is 1. The summed E-state index contributed by atoms with van der Waals surface area (Å²) in [6.07, 6.45) is 0. The second-order valence-corrected chi connectivity index (χ2v) is 6.94. The minimum absolute atomic E-state index is 0.129. The number of hydrogen-bond acceptors (Lipinski definition) is 3. The van der Waals surface area contributed by atoms with Crippen LogP contribution in [0.3, 0.4) is 0 Å². The molecule has 0 spiro atoms. The molecule has 0 aliphatic rings. The lowest BCUT2D eigenvalue weighted by Crippen LogP contribution is -2.34. The summed E-state index contributed by atoms with van der Waals surface area (Å²) in [5, 5.41) is 3.27. The van der Waals surface area contributed by atoms with Gasteiger partial charge >= 0.3 is 0 Å². The van der Waals surface area contributed by atoms with Crippen molar-refractivity contribution in [1.29, 1.82) is 0 Å². The van der Waals surface area contributed by atoms with Crippen LogP contribution in [-0.2, 0) is 4.79 Å². The molecule has 1 aromatic heterocycles. The van der Waals surface area contributed by atoms with Crippen LogP contribution in [0.4, 0.5) is 5.69 Å². The van der Waals surface area contributed by atoms with E-state index in [9.17, 15) is 9.59 Å². The molecule has 4 nitrogen and oxygen atoms in total. The van der Waals surface area contributed by atoms with Gasteiger partial charge in [-0.05, 0) is 24.3 Å². The number of benzene rings is 1. The topological polar surface area (TPSA) is 49.4 Å². The predicted molar refractivity (Wildman–Crippen MR) is 91.4 cm³/mol. The van der Waals surface area contributed by atoms with Gasteiger partial charge in [-0.1, -0.05) is 40.9 Å². The van der Waals surface area contributed by atoms with Crippen molar-refractivity contribution >= 4 is 63.6 Å². The van der Waals surface area contributed by atoms with Gasteiger partial charge in [-0.3, -0.25) is 9.59 Å². The van der Waals surface area contributed by atoms with Crippen LogP contribution in [0, 0.1) is 0 Å². The van der Waals surface area contributed by atoms with Crippen LogP contribution in [0.1, 0.15) is 9.67 Å². The molecule has 2 rings (SSSR count). The van der Waals surface area contributed by atoms with Gasteiger partial charge in [0.25, 0.3) is 5.91 Å². The Morgan fingerprint density at radius 1 is 1.14 bits per heavy atom. The van der Waals surface area contributed by atoms with Crippen molar-refractivity contribution in [2.24, 2.45) is 0 Å². The first kappa shape index (κ1) is 17.1. The summed E-state index contributed by atoms with van der Waals surface area (Å²) in [5.74, 6) is -0.675. The Morgan fingerprint density at radius 3 is 2.32 bits per heavy atom. The highest BCUT2D eigenvalue weighted by Gasteiger charge is 2.18. The first-order valence-electron chi connectivity index (χ1n) is 6.13. The third kappa shape index (κ3) is 4.14. The fourth-order valence-corrected chi connectivity index (χ4v) is 3.23. The van der Waals surface area contributed by atoms with Crippen molar-refractivity contribution < 1.29 is 9.59 Å². The van der Waals surface area contributed by atoms with Gasteiger partial charge in [0.1, 0.15) is 0 Å². The maximum absolute atomic E-state index is 12.1. The number of likely N-dealkylation sites (N-methyl/N-ethyl adjacent to an activating group) is 1. The third-order valence-electron chi connectivity index (χ3n) is 2.74. The van der Waals surface area contributed by atoms with Crippen molar-refractivity contribution in [1.82, 2.24) is 4.90 Å². The molecule has 0 bridgehead atoms. The summed E-state index contributed by atoms with van der Waals surface area (Å²) in [6, 6.07) is 8.17. The summed E-state index contributed by atoms with van der Waals surface area (Å²) < 4.78 is 0.518. The number of carbonyl (C=O) groups is 2. The second kappa shape index (κ2) is 7.33. The van der Waals surface area contributed by atoms with Crippen LogP contribution in [0.25, 0.3) is 0 Å². The van der Waals surface area contributed by atoms with E-state index in [4.69, 9.17) is 34.8 Å². The van der Waals surface area contributed by atoms with Crippen molar-refractivity contribution in [3.8, 4) is 0 Å². The Balaban J connectivity index is 2.01. The molecule has 1 heterocycles. The van der Waals surface area contributed by atoms with E-state index in [0.717, 1.165) is 11.3 Å². The zero-order valence-corrected chi connectivity index (χ0v) is 14.5. The fraction of sp³-hybridized carbons (Fsp3) is 0.143. The number of nitrogens with one attached hydrogen (secondary N) is 1. The molecular formula is C14H11Cl3N2O2S. The molecule has 0 aliphatic heterocycles. The number of nitrogens with zero attached hydrogens (tertiary/aromatic N) is 1. The smallest absolute Gasteiger partial charge is 0.264 e. The van der Waals surface area contributed by atoms with Crippen LogP contribution in [0.5, 0.6) is 0 Å². The van der Waals surface area contributed by atoms with E-state index < -0.39 is 5.91 Å². The number of amides is 2. The first-order chi connectivity index (χ1) is 10.4. The van der Waals surface area contributed by atoms with E-state index in [0.29, 0.717) is 24.9 Å². The van der Waals surface area contributed by atoms with Crippen LogP contribution in [0.2, 0.25) is 14.4 Å². The molecule has 116 valence electrons. The molecule has 22 heavy (non-hydrogen) atoms. The van der Waals surface area contributed by atoms with Crippen molar-refractivity contribution in [2.45, 2.75) is 0 Å². The van der Waals surface area contributed by atoms with Gasteiger partial charge < -0.3 is 10.2 Å². The van der Waals surface area contributed by atoms with Crippen LogP contribution >= 0.6 is 46.1 Å². The largest absolute Gasteiger partial charge is 0.332 e. The molecule has 0 saturated heterocycles. The fourth-order valence-electron chi connectivity index (χ4n) is 1.70. The predicted octanol–water partition coefficient (Wildman–Crippen LogP) is 4.42. The highest BCUT2D eigenvalue weighted by Crippen LogP contribution is 2.29. The van der Waals surface area contributed by atoms with Crippen LogP contribution < -0.4 is 5.32 Å². The summed E-state index contributed by atoms with van der Waals surface area (Å²) in [5.41, 5.74) is 0.329. The van der Waals surface area contributed by atoms with E-state index in [2.05, 4.69) is 5.32 Å². The average Bonchev–Trinajstić information content (AvgIpc) is 2.88. The summed E-state index contributed by atoms with van der Waals surface area (Å²) in [4.78, 5) is 25.9.